The third kappa shape index (κ3) is 5.25. The molecule has 0 fully saturated rings. The van der Waals surface area contributed by atoms with E-state index in [0.717, 1.165) is 11.1 Å². The normalized spacial score (nSPS) is 12.9. The molecule has 0 saturated carbocycles. The Labute approximate surface area is 147 Å². The van der Waals surface area contributed by atoms with Crippen LogP contribution in [0, 0.1) is 6.92 Å². The van der Waals surface area contributed by atoms with Gasteiger partial charge in [0, 0.05) is 0 Å². The van der Waals surface area contributed by atoms with Gasteiger partial charge < -0.3 is 0 Å². The van der Waals surface area contributed by atoms with E-state index in [1.165, 1.54) is 30.1 Å². The van der Waals surface area contributed by atoms with Gasteiger partial charge in [0.2, 0.25) is 10.0 Å². The highest BCUT2D eigenvalue weighted by Gasteiger charge is 2.21. The second-order valence-electron chi connectivity index (χ2n) is 5.63. The highest BCUT2D eigenvalue weighted by Crippen LogP contribution is 2.14. The highest BCUT2D eigenvalue weighted by atomic mass is 32.2. The average molecular weight is 360 g/mol. The highest BCUT2D eigenvalue weighted by molar-refractivity contribution is 7.89. The van der Waals surface area contributed by atoms with Gasteiger partial charge in [0.25, 0.3) is 5.91 Å². The number of nitrogens with one attached hydrogen (secondary N) is 2. The Morgan fingerprint density at radius 1 is 1.00 bits per heavy atom. The molecule has 0 bridgehead atoms. The predicted molar refractivity (Wildman–Crippen MR) is 96.3 cm³/mol. The maximum absolute atomic E-state index is 12.2. The maximum atomic E-state index is 12.2. The number of aryl methyl sites for hydroxylation is 1. The van der Waals surface area contributed by atoms with Crippen LogP contribution >= 0.6 is 0 Å². The number of hydroxylamine groups is 1. The van der Waals surface area contributed by atoms with Crippen molar-refractivity contribution in [3.63, 3.8) is 0 Å². The lowest BCUT2D eigenvalue weighted by atomic mass is 10.1. The average Bonchev–Trinajstić information content (AvgIpc) is 2.60. The van der Waals surface area contributed by atoms with Gasteiger partial charge in [-0.2, -0.15) is 4.72 Å². The molecule has 1 amide bonds. The summed E-state index contributed by atoms with van der Waals surface area (Å²) in [7, 11) is -3.85. The fourth-order valence-electron chi connectivity index (χ4n) is 2.08. The Bertz CT molecular complexity index is 857. The van der Waals surface area contributed by atoms with E-state index < -0.39 is 22.0 Å². The van der Waals surface area contributed by atoms with Crippen molar-refractivity contribution in [2.75, 3.05) is 0 Å². The Morgan fingerprint density at radius 3 is 1.96 bits per heavy atom. The second-order valence-corrected chi connectivity index (χ2v) is 7.35. The van der Waals surface area contributed by atoms with Crippen LogP contribution in [0.5, 0.6) is 0 Å². The molecule has 2 aromatic rings. The molecule has 0 aromatic heterocycles. The lowest BCUT2D eigenvalue weighted by Gasteiger charge is -2.12. The Hall–Kier alpha value is -2.48. The summed E-state index contributed by atoms with van der Waals surface area (Å²) in [4.78, 5) is 11.3. The maximum Gasteiger partial charge on any atom is 0.261 e. The first-order chi connectivity index (χ1) is 11.8. The predicted octanol–water partition coefficient (Wildman–Crippen LogP) is 2.34. The van der Waals surface area contributed by atoms with E-state index in [-0.39, 0.29) is 4.90 Å². The van der Waals surface area contributed by atoms with Crippen LogP contribution in [0.3, 0.4) is 0 Å². The van der Waals surface area contributed by atoms with Gasteiger partial charge in [0.1, 0.15) is 6.04 Å². The molecule has 2 aromatic carbocycles. The van der Waals surface area contributed by atoms with Crippen LogP contribution in [0.2, 0.25) is 0 Å². The molecule has 3 N–H and O–H groups in total. The van der Waals surface area contributed by atoms with Gasteiger partial charge in [0.15, 0.2) is 0 Å². The van der Waals surface area contributed by atoms with E-state index in [4.69, 9.17) is 5.21 Å². The van der Waals surface area contributed by atoms with Gasteiger partial charge in [-0.05, 0) is 37.1 Å². The Kier molecular flexibility index (Phi) is 6.08. The topological polar surface area (TPSA) is 95.5 Å². The van der Waals surface area contributed by atoms with Crippen molar-refractivity contribution in [1.82, 2.24) is 10.2 Å². The summed E-state index contributed by atoms with van der Waals surface area (Å²) in [6.45, 7) is 3.35. The first kappa shape index (κ1) is 18.9. The molecule has 0 saturated heterocycles. The van der Waals surface area contributed by atoms with Gasteiger partial charge in [0.05, 0.1) is 4.90 Å². The lowest BCUT2D eigenvalue weighted by Crippen LogP contribution is -2.43. The number of sulfonamides is 1. The first-order valence-corrected chi connectivity index (χ1v) is 9.11. The standard InChI is InChI=1S/C18H20N2O4S/c1-13-3-5-15(6-4-13)7-8-16-9-11-17(12-10-16)25(23,24)20-14(2)18(21)19-22/h3-12,14,20,22H,1-2H3,(H,19,21)/t14-/m1/s1. The smallest absolute Gasteiger partial charge is 0.261 e. The van der Waals surface area contributed by atoms with Crippen LogP contribution in [0.1, 0.15) is 23.6 Å². The molecule has 0 unspecified atom stereocenters. The minimum Gasteiger partial charge on any atom is -0.289 e. The molecule has 1 atom stereocenters. The molecule has 6 nitrogen and oxygen atoms in total. The van der Waals surface area contributed by atoms with Gasteiger partial charge in [-0.25, -0.2) is 13.9 Å². The molecular weight excluding hydrogens is 340 g/mol. The van der Waals surface area contributed by atoms with E-state index >= 15 is 0 Å². The number of benzene rings is 2. The third-order valence-corrected chi connectivity index (χ3v) is 5.13. The summed E-state index contributed by atoms with van der Waals surface area (Å²) in [6.07, 6.45) is 3.82. The largest absolute Gasteiger partial charge is 0.289 e. The summed E-state index contributed by atoms with van der Waals surface area (Å²) in [5.41, 5.74) is 4.49. The Balaban J connectivity index is 2.10. The summed E-state index contributed by atoms with van der Waals surface area (Å²) in [5.74, 6) is -0.832. The van der Waals surface area contributed by atoms with Gasteiger partial charge in [-0.1, -0.05) is 54.1 Å². The molecule has 25 heavy (non-hydrogen) atoms. The summed E-state index contributed by atoms with van der Waals surface area (Å²) in [6, 6.07) is 13.2. The van der Waals surface area contributed by atoms with Crippen molar-refractivity contribution >= 4 is 28.1 Å². The van der Waals surface area contributed by atoms with Gasteiger partial charge in [-0.15, -0.1) is 0 Å². The molecule has 0 aliphatic heterocycles. The molecule has 0 aliphatic rings. The van der Waals surface area contributed by atoms with Crippen molar-refractivity contribution in [3.8, 4) is 0 Å². The summed E-state index contributed by atoms with van der Waals surface area (Å²) in [5, 5.41) is 8.54. The molecule has 7 heteroatoms. The zero-order valence-corrected chi connectivity index (χ0v) is 14.7. The third-order valence-electron chi connectivity index (χ3n) is 3.57. The fraction of sp³-hybridized carbons (Fsp3) is 0.167. The van der Waals surface area contributed by atoms with E-state index in [2.05, 4.69) is 4.72 Å². The number of carbonyl (C=O) groups excluding carboxylic acids is 1. The fourth-order valence-corrected chi connectivity index (χ4v) is 3.28. The molecule has 2 rings (SSSR count). The quantitative estimate of drug-likeness (QED) is 0.419. The number of carbonyl (C=O) groups is 1. The van der Waals surface area contributed by atoms with Crippen molar-refractivity contribution in [1.29, 1.82) is 0 Å². The lowest BCUT2D eigenvalue weighted by molar-refractivity contribution is -0.130. The van der Waals surface area contributed by atoms with Crippen LogP contribution < -0.4 is 10.2 Å². The second kappa shape index (κ2) is 8.06. The molecular formula is C18H20N2O4S. The van der Waals surface area contributed by atoms with Crippen molar-refractivity contribution < 1.29 is 18.4 Å². The summed E-state index contributed by atoms with van der Waals surface area (Å²) >= 11 is 0. The van der Waals surface area contributed by atoms with Crippen LogP contribution in [0.4, 0.5) is 0 Å². The minimum atomic E-state index is -3.85. The first-order valence-electron chi connectivity index (χ1n) is 7.63. The molecule has 0 radical (unpaired) electrons. The van der Waals surface area contributed by atoms with Crippen LogP contribution in [-0.2, 0) is 14.8 Å². The van der Waals surface area contributed by atoms with E-state index in [0.29, 0.717) is 0 Å². The Morgan fingerprint density at radius 2 is 1.48 bits per heavy atom. The summed E-state index contributed by atoms with van der Waals surface area (Å²) < 4.78 is 26.6. The molecule has 0 spiro atoms. The van der Waals surface area contributed by atoms with Crippen molar-refractivity contribution in [2.24, 2.45) is 0 Å². The van der Waals surface area contributed by atoms with Crippen molar-refractivity contribution in [3.05, 3.63) is 65.2 Å². The van der Waals surface area contributed by atoms with E-state index in [9.17, 15) is 13.2 Å². The van der Waals surface area contributed by atoms with Crippen LogP contribution in [0.25, 0.3) is 12.2 Å². The monoisotopic (exact) mass is 360 g/mol. The SMILES string of the molecule is Cc1ccc(C=Cc2ccc(S(=O)(=O)N[C@H](C)C(=O)NO)cc2)cc1. The van der Waals surface area contributed by atoms with Crippen LogP contribution in [-0.4, -0.2) is 25.6 Å². The van der Waals surface area contributed by atoms with Crippen LogP contribution in [0.15, 0.2) is 53.4 Å². The zero-order valence-electron chi connectivity index (χ0n) is 13.9. The molecule has 0 heterocycles. The number of hydrogen-bond acceptors (Lipinski definition) is 4. The van der Waals surface area contributed by atoms with E-state index in [1.54, 1.807) is 12.1 Å². The van der Waals surface area contributed by atoms with E-state index in [1.807, 2.05) is 43.3 Å². The minimum absolute atomic E-state index is 0.0394. The number of rotatable bonds is 6. The van der Waals surface area contributed by atoms with Gasteiger partial charge >= 0.3 is 0 Å². The number of amides is 1. The van der Waals surface area contributed by atoms with Crippen molar-refractivity contribution in [2.45, 2.75) is 24.8 Å². The van der Waals surface area contributed by atoms with Gasteiger partial charge in [-0.3, -0.25) is 10.0 Å². The molecule has 132 valence electrons. The molecule has 0 aliphatic carbocycles. The zero-order chi connectivity index (χ0) is 18.4. The number of hydrogen-bond donors (Lipinski definition) is 3.